The fraction of sp³-hybridized carbons (Fsp3) is 0.579. The molecule has 1 saturated heterocycles. The van der Waals surface area contributed by atoms with Gasteiger partial charge in [0.2, 0.25) is 5.91 Å². The number of hydrogen-bond acceptors (Lipinski definition) is 3. The van der Waals surface area contributed by atoms with Crippen LogP contribution < -0.4 is 10.2 Å². The van der Waals surface area contributed by atoms with Crippen LogP contribution >= 0.6 is 0 Å². The lowest BCUT2D eigenvalue weighted by atomic mass is 10.2. The van der Waals surface area contributed by atoms with E-state index in [2.05, 4.69) is 24.1 Å². The lowest BCUT2D eigenvalue weighted by Gasteiger charge is -2.35. The normalized spacial score (nSPS) is 22.5. The summed E-state index contributed by atoms with van der Waals surface area (Å²) < 4.78 is 0. The molecule has 25 heavy (non-hydrogen) atoms. The largest absolute Gasteiger partial charge is 0.373 e. The minimum atomic E-state index is -0.0937. The van der Waals surface area contributed by atoms with Gasteiger partial charge in [0, 0.05) is 45.7 Å². The van der Waals surface area contributed by atoms with E-state index < -0.39 is 0 Å². The van der Waals surface area contributed by atoms with E-state index in [1.54, 1.807) is 4.90 Å². The average Bonchev–Trinajstić information content (AvgIpc) is 3.37. The summed E-state index contributed by atoms with van der Waals surface area (Å²) in [6.07, 6.45) is 1.02. The van der Waals surface area contributed by atoms with Crippen molar-refractivity contribution in [3.63, 3.8) is 0 Å². The molecule has 6 nitrogen and oxygen atoms in total. The van der Waals surface area contributed by atoms with Gasteiger partial charge in [0.25, 0.3) is 0 Å². The molecule has 3 rings (SSSR count). The van der Waals surface area contributed by atoms with Gasteiger partial charge in [0.15, 0.2) is 0 Å². The van der Waals surface area contributed by atoms with Crippen LogP contribution in [0.3, 0.4) is 0 Å². The van der Waals surface area contributed by atoms with Gasteiger partial charge in [0.1, 0.15) is 0 Å². The molecule has 1 aromatic rings. The molecule has 0 bridgehead atoms. The van der Waals surface area contributed by atoms with Crippen molar-refractivity contribution < 1.29 is 9.59 Å². The molecular formula is C19H28N4O2. The number of nitrogens with zero attached hydrogens (tertiary/aromatic N) is 3. The second-order valence-corrected chi connectivity index (χ2v) is 7.09. The van der Waals surface area contributed by atoms with Crippen LogP contribution in [0.4, 0.5) is 16.2 Å². The Labute approximate surface area is 149 Å². The summed E-state index contributed by atoms with van der Waals surface area (Å²) in [5, 5.41) is 3.02. The molecule has 6 heteroatoms. The first-order valence-electron chi connectivity index (χ1n) is 9.16. The fourth-order valence-corrected chi connectivity index (χ4v) is 3.31. The van der Waals surface area contributed by atoms with Crippen LogP contribution in [0.15, 0.2) is 24.3 Å². The molecular weight excluding hydrogens is 316 g/mol. The van der Waals surface area contributed by atoms with E-state index in [9.17, 15) is 9.59 Å². The van der Waals surface area contributed by atoms with Gasteiger partial charge in [-0.3, -0.25) is 4.79 Å². The summed E-state index contributed by atoms with van der Waals surface area (Å²) in [7, 11) is 2.01. The fourth-order valence-electron chi connectivity index (χ4n) is 3.31. The van der Waals surface area contributed by atoms with Gasteiger partial charge in [-0.15, -0.1) is 0 Å². The predicted molar refractivity (Wildman–Crippen MR) is 99.8 cm³/mol. The molecule has 2 fully saturated rings. The monoisotopic (exact) mass is 344 g/mol. The molecule has 1 N–H and O–H groups in total. The zero-order valence-electron chi connectivity index (χ0n) is 15.4. The Kier molecular flexibility index (Phi) is 5.16. The van der Waals surface area contributed by atoms with Crippen LogP contribution in [0.5, 0.6) is 0 Å². The van der Waals surface area contributed by atoms with Crippen LogP contribution in [-0.2, 0) is 4.79 Å². The lowest BCUT2D eigenvalue weighted by molar-refractivity contribution is -0.134. The number of para-hydroxylation sites is 2. The van der Waals surface area contributed by atoms with Gasteiger partial charge < -0.3 is 20.0 Å². The Bertz CT molecular complexity index is 640. The van der Waals surface area contributed by atoms with Crippen LogP contribution in [0.25, 0.3) is 0 Å². The number of hydrogen-bond donors (Lipinski definition) is 1. The first kappa shape index (κ1) is 17.6. The highest BCUT2D eigenvalue weighted by Gasteiger charge is 2.42. The smallest absolute Gasteiger partial charge is 0.322 e. The number of carbonyl (C=O) groups is 2. The molecule has 0 aromatic heterocycles. The number of anilines is 2. The number of nitrogens with one attached hydrogen (secondary N) is 1. The third-order valence-corrected chi connectivity index (χ3v) is 5.34. The van der Waals surface area contributed by atoms with Crippen molar-refractivity contribution in [3.05, 3.63) is 24.3 Å². The summed E-state index contributed by atoms with van der Waals surface area (Å²) in [5.41, 5.74) is 1.83. The summed E-state index contributed by atoms with van der Waals surface area (Å²) in [6, 6.07) is 7.74. The highest BCUT2D eigenvalue weighted by atomic mass is 16.2. The maximum Gasteiger partial charge on any atom is 0.322 e. The van der Waals surface area contributed by atoms with Crippen molar-refractivity contribution in [2.24, 2.45) is 11.8 Å². The zero-order chi connectivity index (χ0) is 18.0. The van der Waals surface area contributed by atoms with Gasteiger partial charge in [-0.05, 0) is 31.4 Å². The van der Waals surface area contributed by atoms with E-state index in [-0.39, 0.29) is 17.9 Å². The number of carbonyl (C=O) groups excluding carboxylic acids is 2. The summed E-state index contributed by atoms with van der Waals surface area (Å²) in [5.74, 6) is 1.01. The van der Waals surface area contributed by atoms with Gasteiger partial charge in [-0.1, -0.05) is 19.1 Å². The van der Waals surface area contributed by atoms with Crippen LogP contribution in [0.2, 0.25) is 0 Å². The average molecular weight is 344 g/mol. The van der Waals surface area contributed by atoms with Crippen molar-refractivity contribution in [1.29, 1.82) is 0 Å². The van der Waals surface area contributed by atoms with E-state index in [4.69, 9.17) is 0 Å². The summed E-state index contributed by atoms with van der Waals surface area (Å²) in [4.78, 5) is 30.7. The molecule has 0 radical (unpaired) electrons. The second kappa shape index (κ2) is 7.33. The standard InChI is InChI=1S/C19H28N4O2/c1-4-21(3)17-8-6-5-7-16(17)20-19(25)23-11-9-22(10-12-23)18(24)15-13-14(15)2/h5-8,14-15H,4,9-13H2,1-3H3,(H,20,25). The van der Waals surface area contributed by atoms with E-state index in [0.29, 0.717) is 32.1 Å². The Hall–Kier alpha value is -2.24. The first-order chi connectivity index (χ1) is 12.0. The van der Waals surface area contributed by atoms with Gasteiger partial charge in [-0.2, -0.15) is 0 Å². The van der Waals surface area contributed by atoms with Crippen LogP contribution in [-0.4, -0.2) is 61.5 Å². The quantitative estimate of drug-likeness (QED) is 0.913. The maximum atomic E-state index is 12.6. The van der Waals surface area contributed by atoms with Crippen LogP contribution in [0, 0.1) is 11.8 Å². The van der Waals surface area contributed by atoms with E-state index in [1.165, 1.54) is 0 Å². The molecule has 2 aliphatic rings. The Morgan fingerprint density at radius 3 is 2.36 bits per heavy atom. The zero-order valence-corrected chi connectivity index (χ0v) is 15.4. The second-order valence-electron chi connectivity index (χ2n) is 7.09. The third kappa shape index (κ3) is 3.89. The number of urea groups is 1. The lowest BCUT2D eigenvalue weighted by Crippen LogP contribution is -2.52. The molecule has 136 valence electrons. The van der Waals surface area contributed by atoms with Crippen molar-refractivity contribution >= 4 is 23.3 Å². The molecule has 1 aliphatic heterocycles. The van der Waals surface area contributed by atoms with E-state index in [1.807, 2.05) is 36.2 Å². The summed E-state index contributed by atoms with van der Waals surface area (Å²) >= 11 is 0. The first-order valence-corrected chi connectivity index (χ1v) is 9.16. The van der Waals surface area contributed by atoms with E-state index >= 15 is 0 Å². The molecule has 2 unspecified atom stereocenters. The molecule has 2 atom stereocenters. The van der Waals surface area contributed by atoms with E-state index in [0.717, 1.165) is 24.3 Å². The Balaban J connectivity index is 1.56. The molecule has 1 aliphatic carbocycles. The van der Waals surface area contributed by atoms with Gasteiger partial charge in [0.05, 0.1) is 11.4 Å². The van der Waals surface area contributed by atoms with Crippen molar-refractivity contribution in [3.8, 4) is 0 Å². The highest BCUT2D eigenvalue weighted by Crippen LogP contribution is 2.39. The maximum absolute atomic E-state index is 12.6. The number of amides is 3. The minimum absolute atomic E-state index is 0.0937. The predicted octanol–water partition coefficient (Wildman–Crippen LogP) is 2.47. The van der Waals surface area contributed by atoms with Crippen molar-refractivity contribution in [2.45, 2.75) is 20.3 Å². The molecule has 1 saturated carbocycles. The topological polar surface area (TPSA) is 55.9 Å². The molecule has 1 heterocycles. The number of benzene rings is 1. The Morgan fingerprint density at radius 1 is 1.16 bits per heavy atom. The van der Waals surface area contributed by atoms with Gasteiger partial charge in [-0.25, -0.2) is 4.79 Å². The summed E-state index contributed by atoms with van der Waals surface area (Å²) in [6.45, 7) is 7.51. The molecule has 0 spiro atoms. The highest BCUT2D eigenvalue weighted by molar-refractivity contribution is 5.93. The molecule has 1 aromatic carbocycles. The van der Waals surface area contributed by atoms with Gasteiger partial charge >= 0.3 is 6.03 Å². The van der Waals surface area contributed by atoms with Crippen LogP contribution in [0.1, 0.15) is 20.3 Å². The Morgan fingerprint density at radius 2 is 1.76 bits per heavy atom. The minimum Gasteiger partial charge on any atom is -0.373 e. The number of piperazine rings is 1. The SMILES string of the molecule is CCN(C)c1ccccc1NC(=O)N1CCN(C(=O)C2CC2C)CC1. The number of rotatable bonds is 4. The molecule has 3 amide bonds. The van der Waals surface area contributed by atoms with Crippen molar-refractivity contribution in [2.75, 3.05) is 50.0 Å². The van der Waals surface area contributed by atoms with Crippen molar-refractivity contribution in [1.82, 2.24) is 9.80 Å². The third-order valence-electron chi connectivity index (χ3n) is 5.34.